The van der Waals surface area contributed by atoms with Gasteiger partial charge >= 0.3 is 0 Å². The third kappa shape index (κ3) is 3.51. The predicted molar refractivity (Wildman–Crippen MR) is 78.6 cm³/mol. The van der Waals surface area contributed by atoms with E-state index in [1.807, 2.05) is 0 Å². The number of benzene rings is 1. The maximum Gasteiger partial charge on any atom is 0.123 e. The molecule has 3 rings (SSSR count). The summed E-state index contributed by atoms with van der Waals surface area (Å²) < 4.78 is 19.4. The molecule has 2 aliphatic rings. The summed E-state index contributed by atoms with van der Waals surface area (Å²) in [5.41, 5.74) is 1.02. The fourth-order valence-electron chi connectivity index (χ4n) is 3.08. The number of ether oxygens (including phenoxy) is 1. The van der Waals surface area contributed by atoms with E-state index in [4.69, 9.17) is 4.74 Å². The second-order valence-electron chi connectivity index (χ2n) is 6.21. The lowest BCUT2D eigenvalue weighted by atomic mass is 9.86. The minimum absolute atomic E-state index is 0.160. The molecule has 1 aromatic carbocycles. The van der Waals surface area contributed by atoms with Crippen LogP contribution in [0, 0.1) is 11.7 Å². The van der Waals surface area contributed by atoms with Crippen LogP contribution >= 0.6 is 0 Å². The van der Waals surface area contributed by atoms with Gasteiger partial charge in [-0.2, -0.15) is 0 Å². The molecule has 1 saturated carbocycles. The van der Waals surface area contributed by atoms with Gasteiger partial charge in [0.2, 0.25) is 0 Å². The van der Waals surface area contributed by atoms with Crippen LogP contribution in [0.25, 0.3) is 0 Å². The molecule has 0 aromatic heterocycles. The van der Waals surface area contributed by atoms with Crippen LogP contribution in [0.5, 0.6) is 5.75 Å². The molecule has 0 spiro atoms. The molecule has 1 atom stereocenters. The minimum Gasteiger partial charge on any atom is -0.493 e. The van der Waals surface area contributed by atoms with Gasteiger partial charge in [-0.25, -0.2) is 4.39 Å². The molecule has 1 N–H and O–H groups in total. The molecule has 1 unspecified atom stereocenters. The van der Waals surface area contributed by atoms with E-state index in [2.05, 4.69) is 5.32 Å². The van der Waals surface area contributed by atoms with Gasteiger partial charge in [-0.3, -0.25) is 0 Å². The Morgan fingerprint density at radius 1 is 1.15 bits per heavy atom. The van der Waals surface area contributed by atoms with Crippen LogP contribution in [-0.4, -0.2) is 19.2 Å². The summed E-state index contributed by atoms with van der Waals surface area (Å²) >= 11 is 0. The first-order valence-corrected chi connectivity index (χ1v) is 7.96. The number of hydrogen-bond acceptors (Lipinski definition) is 2. The molecule has 20 heavy (non-hydrogen) atoms. The molecule has 0 bridgehead atoms. The quantitative estimate of drug-likeness (QED) is 0.886. The summed E-state index contributed by atoms with van der Waals surface area (Å²) in [7, 11) is 0. The summed E-state index contributed by atoms with van der Waals surface area (Å²) in [4.78, 5) is 0. The van der Waals surface area contributed by atoms with Crippen LogP contribution in [0.15, 0.2) is 18.2 Å². The van der Waals surface area contributed by atoms with Crippen molar-refractivity contribution in [2.75, 3.05) is 13.2 Å². The van der Waals surface area contributed by atoms with E-state index < -0.39 is 0 Å². The molecule has 110 valence electrons. The van der Waals surface area contributed by atoms with Crippen LogP contribution in [0.2, 0.25) is 0 Å². The van der Waals surface area contributed by atoms with Gasteiger partial charge in [0, 0.05) is 6.04 Å². The number of piperidine rings is 1. The normalized spacial score (nSPS) is 23.4. The largest absolute Gasteiger partial charge is 0.493 e. The van der Waals surface area contributed by atoms with Crippen molar-refractivity contribution in [3.05, 3.63) is 29.6 Å². The molecule has 1 aliphatic heterocycles. The molecule has 1 aliphatic carbocycles. The maximum absolute atomic E-state index is 13.5. The van der Waals surface area contributed by atoms with Crippen molar-refractivity contribution in [1.29, 1.82) is 0 Å². The van der Waals surface area contributed by atoms with Crippen molar-refractivity contribution in [2.45, 2.75) is 51.0 Å². The SMILES string of the molecule is Fc1ccc(OCC2CCC2)c(CC2CCCCN2)c1. The second kappa shape index (κ2) is 6.57. The van der Waals surface area contributed by atoms with E-state index in [9.17, 15) is 4.39 Å². The van der Waals surface area contributed by atoms with Gasteiger partial charge in [-0.1, -0.05) is 12.8 Å². The average molecular weight is 277 g/mol. The predicted octanol–water partition coefficient (Wildman–Crippen LogP) is 3.69. The van der Waals surface area contributed by atoms with E-state index in [0.717, 1.165) is 30.9 Å². The summed E-state index contributed by atoms with van der Waals surface area (Å²) in [6, 6.07) is 5.42. The highest BCUT2D eigenvalue weighted by atomic mass is 19.1. The molecule has 1 heterocycles. The second-order valence-corrected chi connectivity index (χ2v) is 6.21. The van der Waals surface area contributed by atoms with E-state index in [-0.39, 0.29) is 5.82 Å². The Labute approximate surface area is 120 Å². The summed E-state index contributed by atoms with van der Waals surface area (Å²) in [6.45, 7) is 1.87. The lowest BCUT2D eigenvalue weighted by molar-refractivity contribution is 0.179. The first-order chi connectivity index (χ1) is 9.81. The molecule has 0 radical (unpaired) electrons. The van der Waals surface area contributed by atoms with E-state index >= 15 is 0 Å². The Balaban J connectivity index is 1.64. The number of nitrogens with one attached hydrogen (secondary N) is 1. The zero-order valence-corrected chi connectivity index (χ0v) is 12.0. The third-order valence-electron chi connectivity index (χ3n) is 4.60. The van der Waals surface area contributed by atoms with Crippen molar-refractivity contribution in [1.82, 2.24) is 5.32 Å². The summed E-state index contributed by atoms with van der Waals surface area (Å²) in [6.07, 6.45) is 8.46. The van der Waals surface area contributed by atoms with Gasteiger partial charge in [0.25, 0.3) is 0 Å². The van der Waals surface area contributed by atoms with E-state index in [0.29, 0.717) is 12.0 Å². The molecule has 1 saturated heterocycles. The van der Waals surface area contributed by atoms with Crippen molar-refractivity contribution in [3.8, 4) is 5.75 Å². The van der Waals surface area contributed by atoms with E-state index in [1.54, 1.807) is 12.1 Å². The van der Waals surface area contributed by atoms with Gasteiger partial charge in [-0.15, -0.1) is 0 Å². The van der Waals surface area contributed by atoms with Gasteiger partial charge < -0.3 is 10.1 Å². The highest BCUT2D eigenvalue weighted by molar-refractivity contribution is 5.34. The monoisotopic (exact) mass is 277 g/mol. The first kappa shape index (κ1) is 13.9. The van der Waals surface area contributed by atoms with Gasteiger partial charge in [0.15, 0.2) is 0 Å². The highest BCUT2D eigenvalue weighted by Gasteiger charge is 2.20. The first-order valence-electron chi connectivity index (χ1n) is 7.96. The standard InChI is InChI=1S/C17H24FNO/c18-15-7-8-17(20-12-13-4-3-5-13)14(10-15)11-16-6-1-2-9-19-16/h7-8,10,13,16,19H,1-6,9,11-12H2. The zero-order chi connectivity index (χ0) is 13.8. The van der Waals surface area contributed by atoms with Crippen molar-refractivity contribution in [2.24, 2.45) is 5.92 Å². The van der Waals surface area contributed by atoms with Crippen molar-refractivity contribution < 1.29 is 9.13 Å². The van der Waals surface area contributed by atoms with E-state index in [1.165, 1.54) is 44.6 Å². The Morgan fingerprint density at radius 2 is 2.05 bits per heavy atom. The van der Waals surface area contributed by atoms with Crippen LogP contribution < -0.4 is 10.1 Å². The number of hydrogen-bond donors (Lipinski definition) is 1. The fraction of sp³-hybridized carbons (Fsp3) is 0.647. The Morgan fingerprint density at radius 3 is 2.75 bits per heavy atom. The molecular formula is C17H24FNO. The van der Waals surface area contributed by atoms with Crippen LogP contribution in [0.4, 0.5) is 4.39 Å². The molecule has 2 nitrogen and oxygen atoms in total. The smallest absolute Gasteiger partial charge is 0.123 e. The Kier molecular flexibility index (Phi) is 4.56. The number of rotatable bonds is 5. The maximum atomic E-state index is 13.5. The molecule has 3 heteroatoms. The topological polar surface area (TPSA) is 21.3 Å². The van der Waals surface area contributed by atoms with Gasteiger partial charge in [-0.05, 0) is 68.3 Å². The zero-order valence-electron chi connectivity index (χ0n) is 12.0. The van der Waals surface area contributed by atoms with Crippen LogP contribution in [0.3, 0.4) is 0 Å². The van der Waals surface area contributed by atoms with Crippen LogP contribution in [0.1, 0.15) is 44.1 Å². The summed E-state index contributed by atoms with van der Waals surface area (Å²) in [5, 5.41) is 3.52. The molecule has 1 aromatic rings. The average Bonchev–Trinajstić information content (AvgIpc) is 2.40. The molecule has 2 fully saturated rings. The van der Waals surface area contributed by atoms with Gasteiger partial charge in [0.1, 0.15) is 11.6 Å². The highest BCUT2D eigenvalue weighted by Crippen LogP contribution is 2.29. The Bertz CT molecular complexity index is 439. The van der Waals surface area contributed by atoms with Crippen molar-refractivity contribution >= 4 is 0 Å². The third-order valence-corrected chi connectivity index (χ3v) is 4.60. The Hall–Kier alpha value is -1.09. The molecule has 0 amide bonds. The fourth-order valence-corrected chi connectivity index (χ4v) is 3.08. The van der Waals surface area contributed by atoms with Gasteiger partial charge in [0.05, 0.1) is 6.61 Å². The number of halogens is 1. The summed E-state index contributed by atoms with van der Waals surface area (Å²) in [5.74, 6) is 1.43. The van der Waals surface area contributed by atoms with Crippen molar-refractivity contribution in [3.63, 3.8) is 0 Å². The lowest BCUT2D eigenvalue weighted by Crippen LogP contribution is -2.35. The van der Waals surface area contributed by atoms with Crippen LogP contribution in [-0.2, 0) is 6.42 Å². The molecular weight excluding hydrogens is 253 g/mol. The lowest BCUT2D eigenvalue weighted by Gasteiger charge is -2.27. The minimum atomic E-state index is -0.160.